The lowest BCUT2D eigenvalue weighted by atomic mass is 9.93. The van der Waals surface area contributed by atoms with Gasteiger partial charge in [-0.05, 0) is 49.6 Å². The van der Waals surface area contributed by atoms with Crippen molar-refractivity contribution in [1.82, 2.24) is 24.5 Å². The third-order valence-electron chi connectivity index (χ3n) is 7.03. The van der Waals surface area contributed by atoms with Gasteiger partial charge in [0, 0.05) is 46.4 Å². The number of pyridine rings is 2. The standard InChI is InChI=1S/C30H22FN5O/c31-27-23(12-9-19-11-14-26(35-28(19)27)37-22-7-2-1-3-8-22)20-10-13-25(32-17-20)29-24-15-16-36(21-5-4-6-21)30(24)34-18-33-29/h1-3,7-18,21H,4-6H2. The zero-order valence-corrected chi connectivity index (χ0v) is 19.9. The summed E-state index contributed by atoms with van der Waals surface area (Å²) in [6, 6.07) is 22.8. The maximum atomic E-state index is 15.7. The molecule has 7 rings (SSSR count). The molecule has 6 aromatic rings. The van der Waals surface area contributed by atoms with Crippen LogP contribution in [0.5, 0.6) is 11.6 Å². The number of fused-ring (bicyclic) bond motifs is 2. The molecule has 0 saturated heterocycles. The van der Waals surface area contributed by atoms with Gasteiger partial charge >= 0.3 is 0 Å². The molecule has 4 heterocycles. The van der Waals surface area contributed by atoms with Crippen LogP contribution < -0.4 is 4.74 Å². The molecule has 6 nitrogen and oxygen atoms in total. The van der Waals surface area contributed by atoms with Crippen LogP contribution in [-0.2, 0) is 0 Å². The first kappa shape index (κ1) is 21.6. The normalized spacial score (nSPS) is 13.6. The molecular weight excluding hydrogens is 465 g/mol. The Hall–Kier alpha value is -4.65. The molecule has 7 heteroatoms. The minimum absolute atomic E-state index is 0.254. The average Bonchev–Trinajstić information content (AvgIpc) is 3.33. The van der Waals surface area contributed by atoms with E-state index in [-0.39, 0.29) is 5.52 Å². The molecule has 0 unspecified atom stereocenters. The Kier molecular flexibility index (Phi) is 5.13. The summed E-state index contributed by atoms with van der Waals surface area (Å²) in [7, 11) is 0. The van der Waals surface area contributed by atoms with Gasteiger partial charge in [0.25, 0.3) is 0 Å². The van der Waals surface area contributed by atoms with Gasteiger partial charge in [0.1, 0.15) is 28.9 Å². The fraction of sp³-hybridized carbons (Fsp3) is 0.133. The van der Waals surface area contributed by atoms with E-state index < -0.39 is 5.82 Å². The Bertz CT molecular complexity index is 1740. The highest BCUT2D eigenvalue weighted by atomic mass is 19.1. The minimum atomic E-state index is -0.410. The molecule has 1 saturated carbocycles. The monoisotopic (exact) mass is 487 g/mol. The van der Waals surface area contributed by atoms with Crippen LogP contribution in [0.25, 0.3) is 44.5 Å². The van der Waals surface area contributed by atoms with Crippen LogP contribution in [0.15, 0.2) is 91.5 Å². The summed E-state index contributed by atoms with van der Waals surface area (Å²) in [4.78, 5) is 18.1. The van der Waals surface area contributed by atoms with E-state index in [1.165, 1.54) is 19.3 Å². The third-order valence-corrected chi connectivity index (χ3v) is 7.03. The van der Waals surface area contributed by atoms with Crippen molar-refractivity contribution in [2.75, 3.05) is 0 Å². The quantitative estimate of drug-likeness (QED) is 0.254. The number of rotatable bonds is 5. The molecule has 1 fully saturated rings. The summed E-state index contributed by atoms with van der Waals surface area (Å²) in [5, 5.41) is 1.67. The van der Waals surface area contributed by atoms with Gasteiger partial charge in [-0.1, -0.05) is 36.4 Å². The summed E-state index contributed by atoms with van der Waals surface area (Å²) in [5.41, 5.74) is 3.78. The molecule has 0 radical (unpaired) electrons. The van der Waals surface area contributed by atoms with Crippen LogP contribution in [-0.4, -0.2) is 24.5 Å². The fourth-order valence-electron chi connectivity index (χ4n) is 4.85. The van der Waals surface area contributed by atoms with E-state index in [2.05, 4.69) is 36.8 Å². The Morgan fingerprint density at radius 2 is 1.73 bits per heavy atom. The SMILES string of the molecule is Fc1c(-c2ccc(-c3ncnc4c3ccn4C3CCC3)nc2)ccc2ccc(Oc3ccccc3)nc12. The molecule has 2 aromatic carbocycles. The lowest BCUT2D eigenvalue weighted by molar-refractivity contribution is 0.320. The number of hydrogen-bond acceptors (Lipinski definition) is 5. The Balaban J connectivity index is 1.22. The number of para-hydroxylation sites is 1. The number of nitrogens with zero attached hydrogens (tertiary/aromatic N) is 5. The van der Waals surface area contributed by atoms with Crippen LogP contribution in [0.4, 0.5) is 4.39 Å². The van der Waals surface area contributed by atoms with Gasteiger partial charge in [0.15, 0.2) is 5.82 Å². The Morgan fingerprint density at radius 1 is 0.865 bits per heavy atom. The van der Waals surface area contributed by atoms with Gasteiger partial charge in [-0.2, -0.15) is 0 Å². The molecule has 1 aliphatic rings. The van der Waals surface area contributed by atoms with E-state index in [0.29, 0.717) is 34.2 Å². The summed E-state index contributed by atoms with van der Waals surface area (Å²) >= 11 is 0. The Labute approximate surface area is 212 Å². The molecular formula is C30H22FN5O. The first-order chi connectivity index (χ1) is 18.2. The van der Waals surface area contributed by atoms with Crippen LogP contribution >= 0.6 is 0 Å². The number of halogens is 1. The first-order valence-corrected chi connectivity index (χ1v) is 12.3. The van der Waals surface area contributed by atoms with E-state index in [1.54, 1.807) is 24.7 Å². The molecule has 0 atom stereocenters. The van der Waals surface area contributed by atoms with Crippen LogP contribution in [0.1, 0.15) is 25.3 Å². The van der Waals surface area contributed by atoms with Crippen molar-refractivity contribution in [2.45, 2.75) is 25.3 Å². The van der Waals surface area contributed by atoms with Crippen molar-refractivity contribution in [1.29, 1.82) is 0 Å². The van der Waals surface area contributed by atoms with E-state index in [1.807, 2.05) is 54.6 Å². The van der Waals surface area contributed by atoms with Gasteiger partial charge in [0.05, 0.1) is 5.69 Å². The second-order valence-corrected chi connectivity index (χ2v) is 9.26. The first-order valence-electron chi connectivity index (χ1n) is 12.3. The smallest absolute Gasteiger partial charge is 0.219 e. The van der Waals surface area contributed by atoms with Gasteiger partial charge in [-0.3, -0.25) is 4.98 Å². The molecule has 0 bridgehead atoms. The third kappa shape index (κ3) is 3.80. The topological polar surface area (TPSA) is 65.7 Å². The molecule has 0 amide bonds. The van der Waals surface area contributed by atoms with Crippen molar-refractivity contribution in [3.63, 3.8) is 0 Å². The second-order valence-electron chi connectivity index (χ2n) is 9.26. The van der Waals surface area contributed by atoms with E-state index in [4.69, 9.17) is 4.74 Å². The summed E-state index contributed by atoms with van der Waals surface area (Å²) < 4.78 is 23.7. The zero-order valence-electron chi connectivity index (χ0n) is 19.9. The summed E-state index contributed by atoms with van der Waals surface area (Å²) in [6.45, 7) is 0. The molecule has 0 spiro atoms. The summed E-state index contributed by atoms with van der Waals surface area (Å²) in [6.07, 6.45) is 8.99. The van der Waals surface area contributed by atoms with Crippen molar-refractivity contribution in [3.05, 3.63) is 97.3 Å². The number of aromatic nitrogens is 5. The molecule has 0 N–H and O–H groups in total. The predicted molar refractivity (Wildman–Crippen MR) is 141 cm³/mol. The van der Waals surface area contributed by atoms with Crippen LogP contribution in [0.2, 0.25) is 0 Å². The van der Waals surface area contributed by atoms with Crippen LogP contribution in [0, 0.1) is 5.82 Å². The molecule has 37 heavy (non-hydrogen) atoms. The van der Waals surface area contributed by atoms with Gasteiger partial charge < -0.3 is 9.30 Å². The van der Waals surface area contributed by atoms with E-state index in [0.717, 1.165) is 22.4 Å². The highest BCUT2D eigenvalue weighted by Gasteiger charge is 2.22. The highest BCUT2D eigenvalue weighted by Crippen LogP contribution is 2.36. The number of hydrogen-bond donors (Lipinski definition) is 0. The van der Waals surface area contributed by atoms with E-state index >= 15 is 4.39 Å². The molecule has 180 valence electrons. The maximum Gasteiger partial charge on any atom is 0.219 e. The Morgan fingerprint density at radius 3 is 2.51 bits per heavy atom. The largest absolute Gasteiger partial charge is 0.439 e. The van der Waals surface area contributed by atoms with Crippen molar-refractivity contribution in [2.24, 2.45) is 0 Å². The zero-order chi connectivity index (χ0) is 24.8. The van der Waals surface area contributed by atoms with Crippen molar-refractivity contribution < 1.29 is 9.13 Å². The molecule has 0 aliphatic heterocycles. The highest BCUT2D eigenvalue weighted by molar-refractivity contribution is 5.90. The molecule has 4 aromatic heterocycles. The van der Waals surface area contributed by atoms with Gasteiger partial charge in [-0.15, -0.1) is 0 Å². The van der Waals surface area contributed by atoms with Crippen molar-refractivity contribution >= 4 is 21.9 Å². The predicted octanol–water partition coefficient (Wildman–Crippen LogP) is 7.36. The maximum absolute atomic E-state index is 15.7. The average molecular weight is 488 g/mol. The summed E-state index contributed by atoms with van der Waals surface area (Å²) in [5.74, 6) is 0.574. The minimum Gasteiger partial charge on any atom is -0.439 e. The lowest BCUT2D eigenvalue weighted by Crippen LogP contribution is -2.16. The van der Waals surface area contributed by atoms with Gasteiger partial charge in [0.2, 0.25) is 5.88 Å². The molecule has 1 aliphatic carbocycles. The fourth-order valence-corrected chi connectivity index (χ4v) is 4.85. The van der Waals surface area contributed by atoms with E-state index in [9.17, 15) is 0 Å². The van der Waals surface area contributed by atoms with Crippen molar-refractivity contribution in [3.8, 4) is 34.1 Å². The second kappa shape index (κ2) is 8.78. The number of benzene rings is 2. The lowest BCUT2D eigenvalue weighted by Gasteiger charge is -2.27. The number of ether oxygens (including phenoxy) is 1. The van der Waals surface area contributed by atoms with Gasteiger partial charge in [-0.25, -0.2) is 19.3 Å². The van der Waals surface area contributed by atoms with Crippen LogP contribution in [0.3, 0.4) is 0 Å².